The van der Waals surface area contributed by atoms with E-state index in [9.17, 15) is 0 Å². The SMILES string of the molecule is CC(C#N)N(C)Cc1cncc(Br)c1. The van der Waals surface area contributed by atoms with Crippen molar-refractivity contribution in [3.8, 4) is 6.07 Å². The summed E-state index contributed by atoms with van der Waals surface area (Å²) in [6, 6.07) is 4.13. The smallest absolute Gasteiger partial charge is 0.0949 e. The number of hydrogen-bond acceptors (Lipinski definition) is 3. The third-order valence-corrected chi connectivity index (χ3v) is 2.48. The molecule has 0 N–H and O–H groups in total. The molecule has 0 aliphatic heterocycles. The van der Waals surface area contributed by atoms with Crippen LogP contribution in [0.15, 0.2) is 22.9 Å². The molecule has 74 valence electrons. The summed E-state index contributed by atoms with van der Waals surface area (Å²) in [6.45, 7) is 2.62. The second kappa shape index (κ2) is 5.08. The summed E-state index contributed by atoms with van der Waals surface area (Å²) >= 11 is 3.36. The van der Waals surface area contributed by atoms with E-state index in [2.05, 4.69) is 27.0 Å². The van der Waals surface area contributed by atoms with Gasteiger partial charge in [0.1, 0.15) is 0 Å². The van der Waals surface area contributed by atoms with Gasteiger partial charge in [-0.2, -0.15) is 5.26 Å². The molecular formula is C10H12BrN3. The molecule has 0 spiro atoms. The summed E-state index contributed by atoms with van der Waals surface area (Å²) in [4.78, 5) is 6.04. The molecule has 1 atom stereocenters. The fourth-order valence-corrected chi connectivity index (χ4v) is 1.48. The van der Waals surface area contributed by atoms with Gasteiger partial charge in [0.05, 0.1) is 12.1 Å². The van der Waals surface area contributed by atoms with E-state index in [1.54, 1.807) is 6.20 Å². The Morgan fingerprint density at radius 1 is 1.64 bits per heavy atom. The second-order valence-corrected chi connectivity index (χ2v) is 4.15. The zero-order valence-corrected chi connectivity index (χ0v) is 9.82. The summed E-state index contributed by atoms with van der Waals surface area (Å²) in [7, 11) is 1.93. The first-order chi connectivity index (χ1) is 6.63. The monoisotopic (exact) mass is 253 g/mol. The van der Waals surface area contributed by atoms with Crippen molar-refractivity contribution in [3.05, 3.63) is 28.5 Å². The highest BCUT2D eigenvalue weighted by molar-refractivity contribution is 9.10. The predicted octanol–water partition coefficient (Wildman–Crippen LogP) is 2.19. The Morgan fingerprint density at radius 3 is 2.93 bits per heavy atom. The van der Waals surface area contributed by atoms with Gasteiger partial charge < -0.3 is 0 Å². The molecule has 0 bridgehead atoms. The molecule has 0 aromatic carbocycles. The van der Waals surface area contributed by atoms with Crippen LogP contribution in [0.3, 0.4) is 0 Å². The molecule has 3 nitrogen and oxygen atoms in total. The first kappa shape index (κ1) is 11.2. The van der Waals surface area contributed by atoms with Gasteiger partial charge in [0.15, 0.2) is 0 Å². The number of halogens is 1. The quantitative estimate of drug-likeness (QED) is 0.830. The Balaban J connectivity index is 2.65. The number of pyridine rings is 1. The minimum Gasteiger partial charge on any atom is -0.287 e. The zero-order chi connectivity index (χ0) is 10.6. The average Bonchev–Trinajstić information content (AvgIpc) is 2.16. The van der Waals surface area contributed by atoms with Gasteiger partial charge in [-0.15, -0.1) is 0 Å². The summed E-state index contributed by atoms with van der Waals surface area (Å²) in [6.07, 6.45) is 3.56. The van der Waals surface area contributed by atoms with Gasteiger partial charge in [-0.1, -0.05) is 0 Å². The molecule has 1 unspecified atom stereocenters. The van der Waals surface area contributed by atoms with Crippen LogP contribution in [0.25, 0.3) is 0 Å². The van der Waals surface area contributed by atoms with Crippen molar-refractivity contribution < 1.29 is 0 Å². The lowest BCUT2D eigenvalue weighted by Gasteiger charge is -2.18. The number of rotatable bonds is 3. The summed E-state index contributed by atoms with van der Waals surface area (Å²) in [5.74, 6) is 0. The maximum Gasteiger partial charge on any atom is 0.0949 e. The maximum absolute atomic E-state index is 8.72. The Kier molecular flexibility index (Phi) is 4.05. The third kappa shape index (κ3) is 3.09. The van der Waals surface area contributed by atoms with Crippen molar-refractivity contribution in [3.63, 3.8) is 0 Å². The van der Waals surface area contributed by atoms with E-state index in [0.29, 0.717) is 0 Å². The summed E-state index contributed by atoms with van der Waals surface area (Å²) < 4.78 is 0.966. The van der Waals surface area contributed by atoms with Gasteiger partial charge in [-0.05, 0) is 41.5 Å². The van der Waals surface area contributed by atoms with E-state index < -0.39 is 0 Å². The van der Waals surface area contributed by atoms with Crippen molar-refractivity contribution in [2.24, 2.45) is 0 Å². The number of hydrogen-bond donors (Lipinski definition) is 0. The summed E-state index contributed by atoms with van der Waals surface area (Å²) in [5.41, 5.74) is 1.10. The van der Waals surface area contributed by atoms with Gasteiger partial charge >= 0.3 is 0 Å². The molecular weight excluding hydrogens is 242 g/mol. The molecule has 0 saturated carbocycles. The van der Waals surface area contributed by atoms with Gasteiger partial charge in [-0.3, -0.25) is 9.88 Å². The minimum atomic E-state index is -0.0750. The molecule has 4 heteroatoms. The Bertz CT molecular complexity index is 345. The van der Waals surface area contributed by atoms with Crippen LogP contribution in [0.1, 0.15) is 12.5 Å². The first-order valence-corrected chi connectivity index (χ1v) is 5.12. The molecule has 1 aromatic heterocycles. The Labute approximate surface area is 92.5 Å². The van der Waals surface area contributed by atoms with E-state index in [0.717, 1.165) is 16.6 Å². The fourth-order valence-electron chi connectivity index (χ4n) is 1.07. The average molecular weight is 254 g/mol. The van der Waals surface area contributed by atoms with Crippen molar-refractivity contribution in [1.29, 1.82) is 5.26 Å². The normalized spacial score (nSPS) is 12.5. The second-order valence-electron chi connectivity index (χ2n) is 3.23. The van der Waals surface area contributed by atoms with E-state index in [1.807, 2.05) is 31.1 Å². The lowest BCUT2D eigenvalue weighted by molar-refractivity contribution is 0.294. The van der Waals surface area contributed by atoms with Crippen molar-refractivity contribution in [2.45, 2.75) is 19.5 Å². The molecule has 14 heavy (non-hydrogen) atoms. The molecule has 0 radical (unpaired) electrons. The van der Waals surface area contributed by atoms with E-state index >= 15 is 0 Å². The van der Waals surface area contributed by atoms with Gasteiger partial charge in [0.25, 0.3) is 0 Å². The summed E-state index contributed by atoms with van der Waals surface area (Å²) in [5, 5.41) is 8.72. The highest BCUT2D eigenvalue weighted by atomic mass is 79.9. The zero-order valence-electron chi connectivity index (χ0n) is 8.24. The Hall–Kier alpha value is -0.920. The molecule has 0 aliphatic rings. The number of nitriles is 1. The van der Waals surface area contributed by atoms with Crippen molar-refractivity contribution in [1.82, 2.24) is 9.88 Å². The fraction of sp³-hybridized carbons (Fsp3) is 0.400. The van der Waals surface area contributed by atoms with Crippen LogP contribution in [0.5, 0.6) is 0 Å². The topological polar surface area (TPSA) is 39.9 Å². The van der Waals surface area contributed by atoms with E-state index in [-0.39, 0.29) is 6.04 Å². The molecule has 0 fully saturated rings. The number of nitrogens with zero attached hydrogens (tertiary/aromatic N) is 3. The van der Waals surface area contributed by atoms with Gasteiger partial charge in [-0.25, -0.2) is 0 Å². The Morgan fingerprint density at radius 2 is 2.36 bits per heavy atom. The molecule has 0 aliphatic carbocycles. The third-order valence-electron chi connectivity index (χ3n) is 2.04. The lowest BCUT2D eigenvalue weighted by atomic mass is 10.2. The van der Waals surface area contributed by atoms with Crippen LogP contribution in [0, 0.1) is 11.3 Å². The van der Waals surface area contributed by atoms with Crippen molar-refractivity contribution in [2.75, 3.05) is 7.05 Å². The minimum absolute atomic E-state index is 0.0750. The van der Waals surface area contributed by atoms with Crippen LogP contribution in [-0.4, -0.2) is 23.0 Å². The van der Waals surface area contributed by atoms with Crippen LogP contribution in [0.4, 0.5) is 0 Å². The highest BCUT2D eigenvalue weighted by Crippen LogP contribution is 2.11. The molecule has 0 saturated heterocycles. The molecule has 1 aromatic rings. The van der Waals surface area contributed by atoms with Crippen molar-refractivity contribution >= 4 is 15.9 Å². The van der Waals surface area contributed by atoms with Crippen LogP contribution in [-0.2, 0) is 6.54 Å². The van der Waals surface area contributed by atoms with Crippen LogP contribution >= 0.6 is 15.9 Å². The molecule has 1 rings (SSSR count). The molecule has 1 heterocycles. The first-order valence-electron chi connectivity index (χ1n) is 4.32. The predicted molar refractivity (Wildman–Crippen MR) is 58.5 cm³/mol. The van der Waals surface area contributed by atoms with Gasteiger partial charge in [0.2, 0.25) is 0 Å². The van der Waals surface area contributed by atoms with Crippen LogP contribution < -0.4 is 0 Å². The van der Waals surface area contributed by atoms with Crippen LogP contribution in [0.2, 0.25) is 0 Å². The number of aromatic nitrogens is 1. The van der Waals surface area contributed by atoms with E-state index in [4.69, 9.17) is 5.26 Å². The standard InChI is InChI=1S/C10H12BrN3/c1-8(4-12)14(2)7-9-3-10(11)6-13-5-9/h3,5-6,8H,7H2,1-2H3. The highest BCUT2D eigenvalue weighted by Gasteiger charge is 2.07. The maximum atomic E-state index is 8.72. The molecule has 0 amide bonds. The largest absolute Gasteiger partial charge is 0.287 e. The van der Waals surface area contributed by atoms with Gasteiger partial charge in [0, 0.05) is 23.4 Å². The van der Waals surface area contributed by atoms with E-state index in [1.165, 1.54) is 0 Å². The lowest BCUT2D eigenvalue weighted by Crippen LogP contribution is -2.26.